The van der Waals surface area contributed by atoms with Crippen molar-refractivity contribution in [3.63, 3.8) is 0 Å². The summed E-state index contributed by atoms with van der Waals surface area (Å²) in [7, 11) is 3.86. The maximum atomic E-state index is 11.4. The minimum atomic E-state index is -0.115. The minimum Gasteiger partial charge on any atom is -0.363 e. The van der Waals surface area contributed by atoms with E-state index in [1.807, 2.05) is 44.1 Å². The number of nitrogens with zero attached hydrogens (tertiary/aromatic N) is 2. The van der Waals surface area contributed by atoms with Gasteiger partial charge in [-0.3, -0.25) is 4.79 Å². The Hall–Kier alpha value is -1.33. The van der Waals surface area contributed by atoms with Crippen LogP contribution in [0.25, 0.3) is 0 Å². The van der Waals surface area contributed by atoms with Crippen LogP contribution in [0.2, 0.25) is 0 Å². The van der Waals surface area contributed by atoms with E-state index in [1.165, 1.54) is 0 Å². The van der Waals surface area contributed by atoms with Crippen LogP contribution in [0.3, 0.4) is 0 Å². The molecule has 1 atom stereocenters. The Bertz CT molecular complexity index is 382. The van der Waals surface area contributed by atoms with Gasteiger partial charge in [0.15, 0.2) is 0 Å². The molecular formula is C12H21ClN4O. The number of rotatable bonds is 5. The largest absolute Gasteiger partial charge is 0.363 e. The number of hydrogen-bond donors (Lipinski definition) is 2. The van der Waals surface area contributed by atoms with Crippen molar-refractivity contribution in [2.75, 3.05) is 19.0 Å². The molecule has 0 saturated heterocycles. The molecule has 0 aliphatic heterocycles. The van der Waals surface area contributed by atoms with Crippen LogP contribution in [-0.2, 0) is 11.3 Å². The number of hydrogen-bond acceptors (Lipinski definition) is 4. The van der Waals surface area contributed by atoms with Gasteiger partial charge in [-0.15, -0.1) is 12.4 Å². The van der Waals surface area contributed by atoms with Crippen LogP contribution in [0.4, 0.5) is 5.82 Å². The number of halogens is 1. The van der Waals surface area contributed by atoms with Crippen LogP contribution in [-0.4, -0.2) is 31.0 Å². The molecule has 102 valence electrons. The van der Waals surface area contributed by atoms with Gasteiger partial charge < -0.3 is 16.0 Å². The first kappa shape index (κ1) is 16.7. The summed E-state index contributed by atoms with van der Waals surface area (Å²) in [5.74, 6) is 0.834. The van der Waals surface area contributed by atoms with Gasteiger partial charge in [-0.1, -0.05) is 6.07 Å². The van der Waals surface area contributed by atoms with E-state index in [9.17, 15) is 4.79 Å². The summed E-state index contributed by atoms with van der Waals surface area (Å²) in [5, 5.41) is 2.80. The molecule has 0 aromatic carbocycles. The van der Waals surface area contributed by atoms with Crippen molar-refractivity contribution in [2.45, 2.75) is 25.9 Å². The Kier molecular flexibility index (Phi) is 7.31. The van der Waals surface area contributed by atoms with Crippen molar-refractivity contribution in [3.05, 3.63) is 23.9 Å². The molecule has 0 saturated carbocycles. The Morgan fingerprint density at radius 3 is 2.72 bits per heavy atom. The zero-order valence-electron chi connectivity index (χ0n) is 11.0. The summed E-state index contributed by atoms with van der Waals surface area (Å²) in [6, 6.07) is 5.62. The highest BCUT2D eigenvalue weighted by Crippen LogP contribution is 2.07. The number of anilines is 1. The van der Waals surface area contributed by atoms with Gasteiger partial charge >= 0.3 is 0 Å². The summed E-state index contributed by atoms with van der Waals surface area (Å²) >= 11 is 0. The highest BCUT2D eigenvalue weighted by Gasteiger charge is 2.05. The highest BCUT2D eigenvalue weighted by molar-refractivity contribution is 5.85. The van der Waals surface area contributed by atoms with Gasteiger partial charge in [0.2, 0.25) is 5.91 Å². The first-order valence-electron chi connectivity index (χ1n) is 5.64. The standard InChI is InChI=1S/C12H20N4O.ClH/c1-9(13)7-12(17)14-8-10-5-4-6-11(15-10)16(2)3;/h4-6,9H,7-8,13H2,1-3H3,(H,14,17);1H. The van der Waals surface area contributed by atoms with E-state index in [4.69, 9.17) is 5.73 Å². The molecule has 1 rings (SSSR count). The summed E-state index contributed by atoms with van der Waals surface area (Å²) in [5.41, 5.74) is 6.38. The average Bonchev–Trinajstić information content (AvgIpc) is 2.26. The lowest BCUT2D eigenvalue weighted by Gasteiger charge is -2.12. The van der Waals surface area contributed by atoms with Gasteiger partial charge in [-0.25, -0.2) is 4.98 Å². The first-order chi connectivity index (χ1) is 7.99. The fourth-order valence-electron chi connectivity index (χ4n) is 1.37. The molecule has 0 fully saturated rings. The number of amides is 1. The fourth-order valence-corrected chi connectivity index (χ4v) is 1.37. The van der Waals surface area contributed by atoms with Gasteiger partial charge in [-0.05, 0) is 19.1 Å². The zero-order valence-corrected chi connectivity index (χ0v) is 11.8. The quantitative estimate of drug-likeness (QED) is 0.836. The molecule has 0 aliphatic rings. The number of aromatic nitrogens is 1. The maximum Gasteiger partial charge on any atom is 0.221 e. The van der Waals surface area contributed by atoms with Gasteiger partial charge in [0.05, 0.1) is 12.2 Å². The van der Waals surface area contributed by atoms with Crippen molar-refractivity contribution >= 4 is 24.1 Å². The third-order valence-electron chi connectivity index (χ3n) is 2.22. The molecule has 1 aromatic heterocycles. The van der Waals surface area contributed by atoms with Gasteiger partial charge in [0, 0.05) is 26.6 Å². The molecule has 1 aromatic rings. The zero-order chi connectivity index (χ0) is 12.8. The van der Waals surface area contributed by atoms with Crippen LogP contribution in [0.5, 0.6) is 0 Å². The van der Waals surface area contributed by atoms with Crippen molar-refractivity contribution in [1.29, 1.82) is 0 Å². The SMILES string of the molecule is CC(N)CC(=O)NCc1cccc(N(C)C)n1.Cl. The van der Waals surface area contributed by atoms with E-state index >= 15 is 0 Å². The lowest BCUT2D eigenvalue weighted by molar-refractivity contribution is -0.121. The van der Waals surface area contributed by atoms with E-state index in [2.05, 4.69) is 10.3 Å². The summed E-state index contributed by atoms with van der Waals surface area (Å²) < 4.78 is 0. The third-order valence-corrected chi connectivity index (χ3v) is 2.22. The van der Waals surface area contributed by atoms with Gasteiger partial charge in [-0.2, -0.15) is 0 Å². The van der Waals surface area contributed by atoms with E-state index < -0.39 is 0 Å². The molecule has 18 heavy (non-hydrogen) atoms. The van der Waals surface area contributed by atoms with Crippen LogP contribution in [0.15, 0.2) is 18.2 Å². The summed E-state index contributed by atoms with van der Waals surface area (Å²) in [4.78, 5) is 17.7. The van der Waals surface area contributed by atoms with Crippen LogP contribution in [0, 0.1) is 0 Å². The van der Waals surface area contributed by atoms with Crippen LogP contribution < -0.4 is 16.0 Å². The number of carbonyl (C=O) groups excluding carboxylic acids is 1. The third kappa shape index (κ3) is 5.84. The maximum absolute atomic E-state index is 11.4. The van der Waals surface area contributed by atoms with E-state index in [-0.39, 0.29) is 24.4 Å². The van der Waals surface area contributed by atoms with Crippen molar-refractivity contribution in [1.82, 2.24) is 10.3 Å². The predicted octanol–water partition coefficient (Wildman–Crippen LogP) is 0.923. The Balaban J connectivity index is 0.00000289. The summed E-state index contributed by atoms with van der Waals surface area (Å²) in [6.07, 6.45) is 0.341. The monoisotopic (exact) mass is 272 g/mol. The van der Waals surface area contributed by atoms with E-state index in [0.29, 0.717) is 13.0 Å². The predicted molar refractivity (Wildman–Crippen MR) is 75.9 cm³/mol. The second kappa shape index (κ2) is 7.89. The van der Waals surface area contributed by atoms with Gasteiger partial charge in [0.1, 0.15) is 5.82 Å². The molecular weight excluding hydrogens is 252 g/mol. The van der Waals surface area contributed by atoms with Crippen LogP contribution >= 0.6 is 12.4 Å². The molecule has 1 heterocycles. The average molecular weight is 273 g/mol. The molecule has 6 heteroatoms. The molecule has 0 aliphatic carbocycles. The summed E-state index contributed by atoms with van der Waals surface area (Å²) in [6.45, 7) is 2.25. The highest BCUT2D eigenvalue weighted by atomic mass is 35.5. The number of pyridine rings is 1. The lowest BCUT2D eigenvalue weighted by atomic mass is 10.2. The second-order valence-electron chi connectivity index (χ2n) is 4.34. The Morgan fingerprint density at radius 1 is 1.50 bits per heavy atom. The van der Waals surface area contributed by atoms with Crippen molar-refractivity contribution in [2.24, 2.45) is 5.73 Å². The van der Waals surface area contributed by atoms with Gasteiger partial charge in [0.25, 0.3) is 0 Å². The van der Waals surface area contributed by atoms with Crippen molar-refractivity contribution in [3.8, 4) is 0 Å². The molecule has 0 bridgehead atoms. The molecule has 1 unspecified atom stereocenters. The lowest BCUT2D eigenvalue weighted by Crippen LogP contribution is -2.29. The molecule has 5 nitrogen and oxygen atoms in total. The van der Waals surface area contributed by atoms with Crippen LogP contribution in [0.1, 0.15) is 19.0 Å². The second-order valence-corrected chi connectivity index (χ2v) is 4.34. The minimum absolute atomic E-state index is 0. The number of nitrogens with one attached hydrogen (secondary N) is 1. The van der Waals surface area contributed by atoms with E-state index in [0.717, 1.165) is 11.5 Å². The number of carbonyl (C=O) groups is 1. The smallest absolute Gasteiger partial charge is 0.221 e. The van der Waals surface area contributed by atoms with E-state index in [1.54, 1.807) is 0 Å². The Morgan fingerprint density at radius 2 is 2.17 bits per heavy atom. The Labute approximate surface area is 114 Å². The fraction of sp³-hybridized carbons (Fsp3) is 0.500. The number of nitrogens with two attached hydrogens (primary N) is 1. The topological polar surface area (TPSA) is 71.2 Å². The van der Waals surface area contributed by atoms with Crippen molar-refractivity contribution < 1.29 is 4.79 Å². The molecule has 3 N–H and O–H groups in total. The molecule has 0 spiro atoms. The molecule has 0 radical (unpaired) electrons. The normalized spacial score (nSPS) is 11.3. The first-order valence-corrected chi connectivity index (χ1v) is 5.64. The molecule has 1 amide bonds.